The normalized spacial score (nSPS) is 14.5. The van der Waals surface area contributed by atoms with Crippen molar-refractivity contribution in [3.63, 3.8) is 0 Å². The molecule has 2 aromatic rings. The molecule has 1 saturated heterocycles. The van der Waals surface area contributed by atoms with E-state index in [1.807, 2.05) is 4.90 Å². The molecular formula is C20H24FN3O. The number of anilines is 1. The number of nitrogens with zero attached hydrogens (tertiary/aromatic N) is 2. The van der Waals surface area contributed by atoms with E-state index in [0.29, 0.717) is 19.6 Å². The molecule has 0 unspecified atom stereocenters. The lowest BCUT2D eigenvalue weighted by Gasteiger charge is -2.37. The van der Waals surface area contributed by atoms with E-state index in [1.54, 1.807) is 12.1 Å². The van der Waals surface area contributed by atoms with Crippen LogP contribution in [0.4, 0.5) is 14.9 Å². The molecule has 0 radical (unpaired) electrons. The highest BCUT2D eigenvalue weighted by molar-refractivity contribution is 5.74. The Hall–Kier alpha value is -2.56. The zero-order valence-electron chi connectivity index (χ0n) is 14.8. The topological polar surface area (TPSA) is 35.6 Å². The Kier molecular flexibility index (Phi) is 5.22. The molecule has 0 aromatic heterocycles. The van der Waals surface area contributed by atoms with E-state index in [1.165, 1.54) is 28.9 Å². The Morgan fingerprint density at radius 3 is 2.40 bits per heavy atom. The van der Waals surface area contributed by atoms with Crippen LogP contribution in [0.2, 0.25) is 0 Å². The zero-order chi connectivity index (χ0) is 17.8. The number of aryl methyl sites for hydroxylation is 2. The van der Waals surface area contributed by atoms with Gasteiger partial charge in [-0.2, -0.15) is 0 Å². The molecule has 0 atom stereocenters. The van der Waals surface area contributed by atoms with Crippen LogP contribution >= 0.6 is 0 Å². The van der Waals surface area contributed by atoms with Crippen molar-refractivity contribution >= 4 is 11.7 Å². The smallest absolute Gasteiger partial charge is 0.317 e. The molecule has 0 bridgehead atoms. The van der Waals surface area contributed by atoms with Gasteiger partial charge in [0.2, 0.25) is 0 Å². The maximum absolute atomic E-state index is 12.9. The minimum absolute atomic E-state index is 0.0649. The minimum Gasteiger partial charge on any atom is -0.368 e. The third-order valence-corrected chi connectivity index (χ3v) is 4.63. The highest BCUT2D eigenvalue weighted by Crippen LogP contribution is 2.22. The van der Waals surface area contributed by atoms with E-state index >= 15 is 0 Å². The van der Waals surface area contributed by atoms with Crippen molar-refractivity contribution < 1.29 is 9.18 Å². The average Bonchev–Trinajstić information content (AvgIpc) is 2.63. The predicted octanol–water partition coefficient (Wildman–Crippen LogP) is 3.47. The number of piperazine rings is 1. The van der Waals surface area contributed by atoms with Gasteiger partial charge in [0.05, 0.1) is 0 Å². The maximum Gasteiger partial charge on any atom is 0.317 e. The van der Waals surface area contributed by atoms with Gasteiger partial charge in [-0.05, 0) is 48.7 Å². The highest BCUT2D eigenvalue weighted by Gasteiger charge is 2.21. The number of hydrogen-bond acceptors (Lipinski definition) is 2. The predicted molar refractivity (Wildman–Crippen MR) is 98.3 cm³/mol. The minimum atomic E-state index is -0.266. The Morgan fingerprint density at radius 2 is 1.72 bits per heavy atom. The third kappa shape index (κ3) is 4.29. The molecule has 2 aromatic carbocycles. The van der Waals surface area contributed by atoms with Crippen molar-refractivity contribution in [2.45, 2.75) is 20.4 Å². The fourth-order valence-corrected chi connectivity index (χ4v) is 3.10. The molecule has 1 heterocycles. The first kappa shape index (κ1) is 17.3. The summed E-state index contributed by atoms with van der Waals surface area (Å²) < 4.78 is 12.9. The van der Waals surface area contributed by atoms with E-state index in [-0.39, 0.29) is 11.8 Å². The van der Waals surface area contributed by atoms with Crippen LogP contribution in [0.3, 0.4) is 0 Å². The summed E-state index contributed by atoms with van der Waals surface area (Å²) in [5.74, 6) is -0.266. The van der Waals surface area contributed by atoms with Crippen LogP contribution in [0.25, 0.3) is 0 Å². The van der Waals surface area contributed by atoms with Gasteiger partial charge in [-0.3, -0.25) is 0 Å². The summed E-state index contributed by atoms with van der Waals surface area (Å²) in [6.07, 6.45) is 0. The Labute approximate surface area is 148 Å². The van der Waals surface area contributed by atoms with Crippen LogP contribution < -0.4 is 10.2 Å². The monoisotopic (exact) mass is 341 g/mol. The lowest BCUT2D eigenvalue weighted by Crippen LogP contribution is -2.51. The molecule has 1 N–H and O–H groups in total. The van der Waals surface area contributed by atoms with Crippen LogP contribution in [-0.4, -0.2) is 37.1 Å². The molecule has 132 valence electrons. The Balaban J connectivity index is 1.52. The van der Waals surface area contributed by atoms with E-state index in [0.717, 1.165) is 18.7 Å². The van der Waals surface area contributed by atoms with E-state index in [2.05, 4.69) is 42.3 Å². The summed E-state index contributed by atoms with van der Waals surface area (Å²) in [5, 5.41) is 2.91. The lowest BCUT2D eigenvalue weighted by atomic mass is 10.1. The van der Waals surface area contributed by atoms with Crippen LogP contribution in [-0.2, 0) is 6.54 Å². The molecular weight excluding hydrogens is 317 g/mol. The average molecular weight is 341 g/mol. The number of rotatable bonds is 3. The molecule has 25 heavy (non-hydrogen) atoms. The second-order valence-corrected chi connectivity index (χ2v) is 6.55. The molecule has 5 heteroatoms. The van der Waals surface area contributed by atoms with Crippen molar-refractivity contribution in [3.8, 4) is 0 Å². The van der Waals surface area contributed by atoms with Gasteiger partial charge in [0.25, 0.3) is 0 Å². The first-order valence-electron chi connectivity index (χ1n) is 8.62. The highest BCUT2D eigenvalue weighted by atomic mass is 19.1. The summed E-state index contributed by atoms with van der Waals surface area (Å²) in [6, 6.07) is 12.6. The quantitative estimate of drug-likeness (QED) is 0.928. The van der Waals surface area contributed by atoms with E-state index < -0.39 is 0 Å². The second-order valence-electron chi connectivity index (χ2n) is 6.55. The van der Waals surface area contributed by atoms with Crippen molar-refractivity contribution in [1.82, 2.24) is 10.2 Å². The number of nitrogens with one attached hydrogen (secondary N) is 1. The SMILES string of the molecule is Cc1ccc(C)c(N2CCN(C(=O)NCc3ccc(F)cc3)CC2)c1. The molecule has 3 rings (SSSR count). The molecule has 1 fully saturated rings. The van der Waals surface area contributed by atoms with Gasteiger partial charge in [-0.1, -0.05) is 24.3 Å². The molecule has 1 aliphatic heterocycles. The van der Waals surface area contributed by atoms with Crippen LogP contribution in [0.1, 0.15) is 16.7 Å². The van der Waals surface area contributed by atoms with Gasteiger partial charge in [0, 0.05) is 38.4 Å². The molecule has 1 aliphatic rings. The van der Waals surface area contributed by atoms with Gasteiger partial charge in [-0.25, -0.2) is 9.18 Å². The third-order valence-electron chi connectivity index (χ3n) is 4.63. The van der Waals surface area contributed by atoms with Gasteiger partial charge >= 0.3 is 6.03 Å². The fourth-order valence-electron chi connectivity index (χ4n) is 3.10. The first-order valence-corrected chi connectivity index (χ1v) is 8.62. The van der Waals surface area contributed by atoms with Crippen LogP contribution in [0.5, 0.6) is 0 Å². The number of urea groups is 1. The summed E-state index contributed by atoms with van der Waals surface area (Å²) in [6.45, 7) is 7.68. The van der Waals surface area contributed by atoms with Crippen molar-refractivity contribution in [2.24, 2.45) is 0 Å². The zero-order valence-corrected chi connectivity index (χ0v) is 14.8. The number of carbonyl (C=O) groups is 1. The summed E-state index contributed by atoms with van der Waals surface area (Å²) in [4.78, 5) is 16.5. The Bertz CT molecular complexity index is 737. The van der Waals surface area contributed by atoms with E-state index in [9.17, 15) is 9.18 Å². The largest absolute Gasteiger partial charge is 0.368 e. The number of carbonyl (C=O) groups excluding carboxylic acids is 1. The van der Waals surface area contributed by atoms with Crippen molar-refractivity contribution in [2.75, 3.05) is 31.1 Å². The van der Waals surface area contributed by atoms with Gasteiger partial charge in [0.1, 0.15) is 5.82 Å². The number of amides is 2. The molecule has 2 amide bonds. The summed E-state index contributed by atoms with van der Waals surface area (Å²) >= 11 is 0. The number of hydrogen-bond donors (Lipinski definition) is 1. The summed E-state index contributed by atoms with van der Waals surface area (Å²) in [7, 11) is 0. The van der Waals surface area contributed by atoms with E-state index in [4.69, 9.17) is 0 Å². The lowest BCUT2D eigenvalue weighted by molar-refractivity contribution is 0.194. The molecule has 4 nitrogen and oxygen atoms in total. The Morgan fingerprint density at radius 1 is 1.04 bits per heavy atom. The summed E-state index contributed by atoms with van der Waals surface area (Å²) in [5.41, 5.74) is 4.66. The van der Waals surface area contributed by atoms with Crippen LogP contribution in [0, 0.1) is 19.7 Å². The van der Waals surface area contributed by atoms with Gasteiger partial charge < -0.3 is 15.1 Å². The molecule has 0 saturated carbocycles. The number of halogens is 1. The molecule has 0 spiro atoms. The first-order chi connectivity index (χ1) is 12.0. The van der Waals surface area contributed by atoms with Crippen molar-refractivity contribution in [1.29, 1.82) is 0 Å². The van der Waals surface area contributed by atoms with Gasteiger partial charge in [-0.15, -0.1) is 0 Å². The second kappa shape index (κ2) is 7.55. The van der Waals surface area contributed by atoms with Gasteiger partial charge in [0.15, 0.2) is 0 Å². The van der Waals surface area contributed by atoms with Crippen LogP contribution in [0.15, 0.2) is 42.5 Å². The maximum atomic E-state index is 12.9. The number of benzene rings is 2. The fraction of sp³-hybridized carbons (Fsp3) is 0.350. The standard InChI is InChI=1S/C20H24FN3O/c1-15-3-4-16(2)19(13-15)23-9-11-24(12-10-23)20(25)22-14-17-5-7-18(21)8-6-17/h3-8,13H,9-12,14H2,1-2H3,(H,22,25). The molecule has 0 aliphatic carbocycles. The van der Waals surface area contributed by atoms with Crippen molar-refractivity contribution in [3.05, 3.63) is 65.0 Å².